The van der Waals surface area contributed by atoms with Crippen molar-refractivity contribution in [1.82, 2.24) is 10.2 Å². The zero-order chi connectivity index (χ0) is 18.4. The lowest BCUT2D eigenvalue weighted by molar-refractivity contribution is 0.0849. The minimum absolute atomic E-state index is 0.0943. The molecule has 26 heavy (non-hydrogen) atoms. The van der Waals surface area contributed by atoms with Gasteiger partial charge in [0.25, 0.3) is 5.91 Å². The summed E-state index contributed by atoms with van der Waals surface area (Å²) in [4.78, 5) is 14.7. The van der Waals surface area contributed by atoms with Gasteiger partial charge in [-0.05, 0) is 54.8 Å². The van der Waals surface area contributed by atoms with Crippen molar-refractivity contribution in [1.29, 1.82) is 0 Å². The summed E-state index contributed by atoms with van der Waals surface area (Å²) >= 11 is 0. The molecule has 0 unspecified atom stereocenters. The molecule has 138 valence electrons. The molecule has 0 saturated carbocycles. The number of hydrogen-bond acceptors (Lipinski definition) is 4. The molecule has 1 saturated heterocycles. The van der Waals surface area contributed by atoms with Crippen molar-refractivity contribution in [2.45, 2.75) is 25.3 Å². The first-order chi connectivity index (χ1) is 12.7. The number of nitrogens with zero attached hydrogens (tertiary/aromatic N) is 1. The summed E-state index contributed by atoms with van der Waals surface area (Å²) < 4.78 is 0. The molecule has 1 atom stereocenters. The fourth-order valence-corrected chi connectivity index (χ4v) is 3.47. The number of carbonyl (C=O) groups is 1. The van der Waals surface area contributed by atoms with Gasteiger partial charge in [0.2, 0.25) is 0 Å². The third-order valence-electron chi connectivity index (χ3n) is 4.97. The third-order valence-corrected chi connectivity index (χ3v) is 4.97. The molecule has 3 rings (SSSR count). The first kappa shape index (κ1) is 18.4. The van der Waals surface area contributed by atoms with Crippen LogP contribution in [-0.2, 0) is 0 Å². The van der Waals surface area contributed by atoms with E-state index in [0.717, 1.165) is 43.5 Å². The Morgan fingerprint density at radius 1 is 1.12 bits per heavy atom. The number of aliphatic hydroxyl groups excluding tert-OH is 1. The fraction of sp³-hybridized carbons (Fsp3) is 0.381. The van der Waals surface area contributed by atoms with Gasteiger partial charge in [0.1, 0.15) is 5.75 Å². The van der Waals surface area contributed by atoms with E-state index in [4.69, 9.17) is 0 Å². The van der Waals surface area contributed by atoms with Gasteiger partial charge in [0, 0.05) is 24.7 Å². The number of aromatic hydroxyl groups is 1. The van der Waals surface area contributed by atoms with Crippen LogP contribution in [-0.4, -0.2) is 53.3 Å². The number of aliphatic hydroxyl groups is 1. The van der Waals surface area contributed by atoms with Gasteiger partial charge in [-0.25, -0.2) is 0 Å². The molecule has 0 bridgehead atoms. The number of nitrogens with one attached hydrogen (secondary N) is 1. The Bertz CT molecular complexity index is 730. The Hall–Kier alpha value is -2.37. The number of piperidine rings is 1. The number of rotatable bonds is 6. The molecule has 5 heteroatoms. The van der Waals surface area contributed by atoms with Crippen LogP contribution in [0.15, 0.2) is 48.5 Å². The number of likely N-dealkylation sites (tertiary alicyclic amines) is 1. The molecule has 1 aliphatic heterocycles. The van der Waals surface area contributed by atoms with E-state index in [9.17, 15) is 15.0 Å². The van der Waals surface area contributed by atoms with E-state index >= 15 is 0 Å². The summed E-state index contributed by atoms with van der Waals surface area (Å²) in [6.45, 7) is 2.49. The average Bonchev–Trinajstić information content (AvgIpc) is 2.69. The second-order valence-corrected chi connectivity index (χ2v) is 6.75. The minimum Gasteiger partial charge on any atom is -0.508 e. The highest BCUT2D eigenvalue weighted by Gasteiger charge is 2.21. The SMILES string of the molecule is O=C(NCCN1CCCC[C@H]1CO)c1cccc(-c2ccc(O)cc2)c1. The molecule has 1 aliphatic rings. The molecule has 0 spiro atoms. The first-order valence-electron chi connectivity index (χ1n) is 9.20. The van der Waals surface area contributed by atoms with Crippen LogP contribution in [0.4, 0.5) is 0 Å². The Labute approximate surface area is 154 Å². The van der Waals surface area contributed by atoms with Gasteiger partial charge in [-0.15, -0.1) is 0 Å². The van der Waals surface area contributed by atoms with Gasteiger partial charge in [-0.2, -0.15) is 0 Å². The van der Waals surface area contributed by atoms with Crippen molar-refractivity contribution in [3.8, 4) is 16.9 Å². The van der Waals surface area contributed by atoms with Crippen molar-refractivity contribution >= 4 is 5.91 Å². The lowest BCUT2D eigenvalue weighted by Gasteiger charge is -2.34. The van der Waals surface area contributed by atoms with Crippen molar-refractivity contribution in [2.24, 2.45) is 0 Å². The van der Waals surface area contributed by atoms with Crippen LogP contribution in [0.25, 0.3) is 11.1 Å². The third kappa shape index (κ3) is 4.62. The normalized spacial score (nSPS) is 17.8. The van der Waals surface area contributed by atoms with E-state index < -0.39 is 0 Å². The van der Waals surface area contributed by atoms with E-state index in [0.29, 0.717) is 12.1 Å². The van der Waals surface area contributed by atoms with Crippen LogP contribution in [0.2, 0.25) is 0 Å². The number of amides is 1. The molecule has 5 nitrogen and oxygen atoms in total. The predicted octanol–water partition coefficient (Wildman–Crippen LogP) is 2.64. The molecule has 2 aromatic rings. The predicted molar refractivity (Wildman–Crippen MR) is 102 cm³/mol. The van der Waals surface area contributed by atoms with Crippen molar-refractivity contribution in [2.75, 3.05) is 26.2 Å². The Kier molecular flexibility index (Phi) is 6.26. The van der Waals surface area contributed by atoms with Crippen molar-refractivity contribution in [3.05, 3.63) is 54.1 Å². The van der Waals surface area contributed by atoms with Gasteiger partial charge in [-0.1, -0.05) is 30.7 Å². The van der Waals surface area contributed by atoms with Gasteiger partial charge in [0.05, 0.1) is 6.61 Å². The van der Waals surface area contributed by atoms with Crippen LogP contribution in [0, 0.1) is 0 Å². The average molecular weight is 354 g/mol. The van der Waals surface area contributed by atoms with E-state index in [1.807, 2.05) is 30.3 Å². The molecular formula is C21H26N2O3. The van der Waals surface area contributed by atoms with Gasteiger partial charge < -0.3 is 15.5 Å². The van der Waals surface area contributed by atoms with E-state index in [1.165, 1.54) is 0 Å². The molecule has 3 N–H and O–H groups in total. The maximum absolute atomic E-state index is 12.5. The Morgan fingerprint density at radius 3 is 2.69 bits per heavy atom. The minimum atomic E-state index is -0.0943. The molecular weight excluding hydrogens is 328 g/mol. The fourth-order valence-electron chi connectivity index (χ4n) is 3.47. The van der Waals surface area contributed by atoms with Crippen LogP contribution < -0.4 is 5.32 Å². The van der Waals surface area contributed by atoms with Gasteiger partial charge >= 0.3 is 0 Å². The quantitative estimate of drug-likeness (QED) is 0.746. The summed E-state index contributed by atoms with van der Waals surface area (Å²) in [6.07, 6.45) is 3.34. The second-order valence-electron chi connectivity index (χ2n) is 6.75. The number of phenols is 1. The molecule has 1 heterocycles. The lowest BCUT2D eigenvalue weighted by atomic mass is 10.0. The van der Waals surface area contributed by atoms with Gasteiger partial charge in [0.15, 0.2) is 0 Å². The Balaban J connectivity index is 1.58. The molecule has 1 fully saturated rings. The summed E-state index contributed by atoms with van der Waals surface area (Å²) in [6, 6.07) is 14.6. The molecule has 0 radical (unpaired) electrons. The van der Waals surface area contributed by atoms with E-state index in [-0.39, 0.29) is 24.3 Å². The number of carbonyl (C=O) groups excluding carboxylic acids is 1. The van der Waals surface area contributed by atoms with Crippen LogP contribution in [0.3, 0.4) is 0 Å². The summed E-state index contributed by atoms with van der Waals surface area (Å²) in [5.74, 6) is 0.129. The largest absolute Gasteiger partial charge is 0.508 e. The lowest BCUT2D eigenvalue weighted by Crippen LogP contribution is -2.45. The smallest absolute Gasteiger partial charge is 0.251 e. The highest BCUT2D eigenvalue weighted by atomic mass is 16.3. The van der Waals surface area contributed by atoms with Crippen LogP contribution in [0.1, 0.15) is 29.6 Å². The van der Waals surface area contributed by atoms with Crippen molar-refractivity contribution < 1.29 is 15.0 Å². The molecule has 1 amide bonds. The van der Waals surface area contributed by atoms with Crippen LogP contribution in [0.5, 0.6) is 5.75 Å². The molecule has 0 aromatic heterocycles. The monoisotopic (exact) mass is 354 g/mol. The maximum atomic E-state index is 12.5. The van der Waals surface area contributed by atoms with Crippen molar-refractivity contribution in [3.63, 3.8) is 0 Å². The zero-order valence-electron chi connectivity index (χ0n) is 14.9. The highest BCUT2D eigenvalue weighted by molar-refractivity contribution is 5.95. The van der Waals surface area contributed by atoms with Crippen LogP contribution >= 0.6 is 0 Å². The summed E-state index contributed by atoms with van der Waals surface area (Å²) in [7, 11) is 0. The number of benzene rings is 2. The Morgan fingerprint density at radius 2 is 1.92 bits per heavy atom. The maximum Gasteiger partial charge on any atom is 0.251 e. The summed E-state index contributed by atoms with van der Waals surface area (Å²) in [5, 5.41) is 21.8. The standard InChI is InChI=1S/C21H26N2O3/c24-15-19-6-1-2-12-23(19)13-11-22-21(26)18-5-3-4-17(14-18)16-7-9-20(25)10-8-16/h3-5,7-10,14,19,24-25H,1-2,6,11-13,15H2,(H,22,26)/t19-/m0/s1. The molecule has 0 aliphatic carbocycles. The topological polar surface area (TPSA) is 72.8 Å². The highest BCUT2D eigenvalue weighted by Crippen LogP contribution is 2.22. The zero-order valence-corrected chi connectivity index (χ0v) is 14.9. The molecule has 2 aromatic carbocycles. The number of phenolic OH excluding ortho intramolecular Hbond substituents is 1. The van der Waals surface area contributed by atoms with E-state index in [2.05, 4.69) is 10.2 Å². The van der Waals surface area contributed by atoms with E-state index in [1.54, 1.807) is 18.2 Å². The van der Waals surface area contributed by atoms with Gasteiger partial charge in [-0.3, -0.25) is 9.69 Å². The second kappa shape index (κ2) is 8.83. The summed E-state index contributed by atoms with van der Waals surface area (Å²) in [5.41, 5.74) is 2.51. The first-order valence-corrected chi connectivity index (χ1v) is 9.20. The number of hydrogen-bond donors (Lipinski definition) is 3.